The molecule has 0 amide bonds. The number of rotatable bonds is 6. The Morgan fingerprint density at radius 1 is 1.26 bits per heavy atom. The molecule has 5 heteroatoms. The zero-order chi connectivity index (χ0) is 16.7. The Labute approximate surface area is 143 Å². The maximum atomic E-state index is 4.30. The number of nitrogens with zero attached hydrogens (tertiary/aromatic N) is 2. The van der Waals surface area contributed by atoms with E-state index in [2.05, 4.69) is 82.6 Å². The van der Waals surface area contributed by atoms with Crippen LogP contribution in [0.4, 0.5) is 5.69 Å². The van der Waals surface area contributed by atoms with Crippen LogP contribution in [-0.2, 0) is 6.54 Å². The van der Waals surface area contributed by atoms with Gasteiger partial charge in [0.05, 0.1) is 0 Å². The molecular formula is C18H26N4S. The van der Waals surface area contributed by atoms with Crippen LogP contribution in [-0.4, -0.2) is 33.6 Å². The molecule has 2 aromatic rings. The Morgan fingerprint density at radius 3 is 2.74 bits per heavy atom. The van der Waals surface area contributed by atoms with E-state index in [1.54, 1.807) is 18.4 Å². The van der Waals surface area contributed by atoms with Gasteiger partial charge in [-0.25, -0.2) is 0 Å². The van der Waals surface area contributed by atoms with Gasteiger partial charge in [-0.1, -0.05) is 19.1 Å². The summed E-state index contributed by atoms with van der Waals surface area (Å²) in [5.74, 6) is 1.30. The number of guanidine groups is 1. The molecule has 124 valence electrons. The molecule has 0 aliphatic rings. The van der Waals surface area contributed by atoms with Crippen LogP contribution >= 0.6 is 11.3 Å². The maximum Gasteiger partial charge on any atom is 0.191 e. The van der Waals surface area contributed by atoms with Gasteiger partial charge in [0.2, 0.25) is 0 Å². The molecule has 0 fully saturated rings. The van der Waals surface area contributed by atoms with E-state index < -0.39 is 0 Å². The molecule has 0 saturated heterocycles. The van der Waals surface area contributed by atoms with E-state index in [-0.39, 0.29) is 0 Å². The highest BCUT2D eigenvalue weighted by atomic mass is 32.1. The summed E-state index contributed by atoms with van der Waals surface area (Å²) < 4.78 is 0. The van der Waals surface area contributed by atoms with E-state index in [9.17, 15) is 0 Å². The molecule has 0 aliphatic heterocycles. The number of aliphatic imine (C=N–C) groups is 1. The molecule has 23 heavy (non-hydrogen) atoms. The molecule has 4 nitrogen and oxygen atoms in total. The first-order valence-corrected chi connectivity index (χ1v) is 8.77. The van der Waals surface area contributed by atoms with Gasteiger partial charge in [-0.15, -0.1) is 0 Å². The first-order valence-electron chi connectivity index (χ1n) is 7.83. The van der Waals surface area contributed by atoms with Crippen LogP contribution in [0.3, 0.4) is 0 Å². The number of hydrogen-bond donors (Lipinski definition) is 2. The van der Waals surface area contributed by atoms with Crippen molar-refractivity contribution in [3.05, 3.63) is 52.2 Å². The van der Waals surface area contributed by atoms with E-state index >= 15 is 0 Å². The van der Waals surface area contributed by atoms with Gasteiger partial charge in [0.25, 0.3) is 0 Å². The van der Waals surface area contributed by atoms with Crippen molar-refractivity contribution in [2.45, 2.75) is 19.4 Å². The lowest BCUT2D eigenvalue weighted by atomic mass is 10.1. The van der Waals surface area contributed by atoms with Gasteiger partial charge in [0.1, 0.15) is 0 Å². The van der Waals surface area contributed by atoms with Gasteiger partial charge >= 0.3 is 0 Å². The summed E-state index contributed by atoms with van der Waals surface area (Å²) in [5, 5.41) is 11.1. The van der Waals surface area contributed by atoms with Gasteiger partial charge in [-0.05, 0) is 46.0 Å². The van der Waals surface area contributed by atoms with Gasteiger partial charge in [0, 0.05) is 39.9 Å². The second kappa shape index (κ2) is 8.58. The molecule has 1 heterocycles. The average molecular weight is 331 g/mol. The molecule has 0 saturated carbocycles. The molecule has 0 radical (unpaired) electrons. The normalized spacial score (nSPS) is 12.8. The highest BCUT2D eigenvalue weighted by molar-refractivity contribution is 7.07. The van der Waals surface area contributed by atoms with Gasteiger partial charge in [0.15, 0.2) is 5.96 Å². The van der Waals surface area contributed by atoms with Crippen LogP contribution in [0.1, 0.15) is 24.0 Å². The molecule has 0 spiro atoms. The average Bonchev–Trinajstić information content (AvgIpc) is 3.09. The van der Waals surface area contributed by atoms with E-state index in [0.717, 1.165) is 19.0 Å². The standard InChI is InChI=1S/C18H26N4S/c1-14(16-8-9-23-13-16)11-20-18(19-2)21-12-15-6-5-7-17(10-15)22(3)4/h5-10,13-14H,11-12H2,1-4H3,(H2,19,20,21). The van der Waals surface area contributed by atoms with Crippen LogP contribution in [0, 0.1) is 0 Å². The highest BCUT2D eigenvalue weighted by Crippen LogP contribution is 2.17. The smallest absolute Gasteiger partial charge is 0.191 e. The third kappa shape index (κ3) is 5.28. The lowest BCUT2D eigenvalue weighted by Crippen LogP contribution is -2.38. The number of benzene rings is 1. The zero-order valence-corrected chi connectivity index (χ0v) is 15.2. The highest BCUT2D eigenvalue weighted by Gasteiger charge is 2.07. The monoisotopic (exact) mass is 330 g/mol. The summed E-state index contributed by atoms with van der Waals surface area (Å²) in [7, 11) is 5.92. The predicted octanol–water partition coefficient (Wildman–Crippen LogP) is 3.28. The second-order valence-electron chi connectivity index (χ2n) is 5.83. The van der Waals surface area contributed by atoms with Crippen molar-refractivity contribution < 1.29 is 0 Å². The first kappa shape index (κ1) is 17.3. The zero-order valence-electron chi connectivity index (χ0n) is 14.3. The Balaban J connectivity index is 1.84. The Hall–Kier alpha value is -2.01. The molecule has 2 N–H and O–H groups in total. The van der Waals surface area contributed by atoms with Crippen LogP contribution in [0.5, 0.6) is 0 Å². The topological polar surface area (TPSA) is 39.7 Å². The van der Waals surface area contributed by atoms with Gasteiger partial charge < -0.3 is 15.5 Å². The van der Waals surface area contributed by atoms with Crippen LogP contribution < -0.4 is 15.5 Å². The van der Waals surface area contributed by atoms with E-state index in [4.69, 9.17) is 0 Å². The van der Waals surface area contributed by atoms with Crippen LogP contribution in [0.25, 0.3) is 0 Å². The van der Waals surface area contributed by atoms with Crippen LogP contribution in [0.2, 0.25) is 0 Å². The molecular weight excluding hydrogens is 304 g/mol. The molecule has 0 aliphatic carbocycles. The summed E-state index contributed by atoms with van der Waals surface area (Å²) in [6.45, 7) is 3.85. The van der Waals surface area contributed by atoms with Crippen molar-refractivity contribution in [1.82, 2.24) is 10.6 Å². The fourth-order valence-corrected chi connectivity index (χ4v) is 3.06. The fourth-order valence-electron chi connectivity index (χ4n) is 2.27. The Morgan fingerprint density at radius 2 is 2.09 bits per heavy atom. The fraction of sp³-hybridized carbons (Fsp3) is 0.389. The predicted molar refractivity (Wildman–Crippen MR) is 102 cm³/mol. The van der Waals surface area contributed by atoms with Crippen molar-refractivity contribution in [3.63, 3.8) is 0 Å². The minimum atomic E-state index is 0.469. The van der Waals surface area contributed by atoms with Crippen molar-refractivity contribution in [2.24, 2.45) is 4.99 Å². The molecule has 1 aromatic heterocycles. The second-order valence-corrected chi connectivity index (χ2v) is 6.61. The number of nitrogens with one attached hydrogen (secondary N) is 2. The third-order valence-electron chi connectivity index (χ3n) is 3.80. The number of hydrogen-bond acceptors (Lipinski definition) is 3. The Bertz CT molecular complexity index is 620. The molecule has 1 unspecified atom stereocenters. The van der Waals surface area contributed by atoms with Crippen molar-refractivity contribution in [3.8, 4) is 0 Å². The van der Waals surface area contributed by atoms with Gasteiger partial charge in [-0.2, -0.15) is 11.3 Å². The van der Waals surface area contributed by atoms with Gasteiger partial charge in [-0.3, -0.25) is 4.99 Å². The van der Waals surface area contributed by atoms with Crippen molar-refractivity contribution >= 4 is 23.0 Å². The summed E-state index contributed by atoms with van der Waals surface area (Å²) >= 11 is 1.74. The quantitative estimate of drug-likeness (QED) is 0.631. The minimum absolute atomic E-state index is 0.469. The summed E-state index contributed by atoms with van der Waals surface area (Å²) in [6, 6.07) is 10.7. The molecule has 1 aromatic carbocycles. The third-order valence-corrected chi connectivity index (χ3v) is 4.50. The lowest BCUT2D eigenvalue weighted by Gasteiger charge is -2.17. The number of thiophene rings is 1. The number of anilines is 1. The Kier molecular flexibility index (Phi) is 6.47. The van der Waals surface area contributed by atoms with E-state index in [0.29, 0.717) is 5.92 Å². The maximum absolute atomic E-state index is 4.30. The largest absolute Gasteiger partial charge is 0.378 e. The van der Waals surface area contributed by atoms with Crippen LogP contribution in [0.15, 0.2) is 46.1 Å². The van der Waals surface area contributed by atoms with E-state index in [1.807, 2.05) is 0 Å². The summed E-state index contributed by atoms with van der Waals surface area (Å²) in [6.07, 6.45) is 0. The lowest BCUT2D eigenvalue weighted by molar-refractivity contribution is 0.701. The molecule has 2 rings (SSSR count). The molecule has 1 atom stereocenters. The van der Waals surface area contributed by atoms with E-state index in [1.165, 1.54) is 16.8 Å². The molecule has 0 bridgehead atoms. The SMILES string of the molecule is CN=C(NCc1cccc(N(C)C)c1)NCC(C)c1ccsc1. The van der Waals surface area contributed by atoms with Crippen molar-refractivity contribution in [2.75, 3.05) is 32.6 Å². The first-order chi connectivity index (χ1) is 11.1. The minimum Gasteiger partial charge on any atom is -0.378 e. The summed E-state index contributed by atoms with van der Waals surface area (Å²) in [5.41, 5.74) is 3.82. The summed E-state index contributed by atoms with van der Waals surface area (Å²) in [4.78, 5) is 6.41. The van der Waals surface area contributed by atoms with Crippen molar-refractivity contribution in [1.29, 1.82) is 0 Å².